The Morgan fingerprint density at radius 3 is 1.90 bits per heavy atom. The number of hydrogen-bond acceptors (Lipinski definition) is 2. The van der Waals surface area contributed by atoms with E-state index < -0.39 is 0 Å². The predicted octanol–water partition coefficient (Wildman–Crippen LogP) is 6.02. The molecular formula is C27H29NO. The highest BCUT2D eigenvalue weighted by Crippen LogP contribution is 2.27. The van der Waals surface area contributed by atoms with Crippen molar-refractivity contribution < 1.29 is 4.74 Å². The van der Waals surface area contributed by atoms with Crippen LogP contribution >= 0.6 is 0 Å². The van der Waals surface area contributed by atoms with Crippen molar-refractivity contribution in [1.29, 1.82) is 0 Å². The van der Waals surface area contributed by atoms with Gasteiger partial charge in [-0.25, -0.2) is 0 Å². The molecule has 0 aromatic heterocycles. The highest BCUT2D eigenvalue weighted by atomic mass is 16.5. The largest absolute Gasteiger partial charge is 0.368 e. The Morgan fingerprint density at radius 2 is 1.34 bits per heavy atom. The zero-order chi connectivity index (χ0) is 19.7. The van der Waals surface area contributed by atoms with Gasteiger partial charge in [-0.2, -0.15) is 0 Å². The Hall–Kier alpha value is -2.68. The van der Waals surface area contributed by atoms with Gasteiger partial charge in [0.1, 0.15) is 6.10 Å². The van der Waals surface area contributed by atoms with Crippen LogP contribution in [-0.4, -0.2) is 24.6 Å². The summed E-state index contributed by atoms with van der Waals surface area (Å²) in [4.78, 5) is 2.51. The third kappa shape index (κ3) is 5.66. The number of nitrogens with zero attached hydrogens (tertiary/aromatic N) is 1. The maximum absolute atomic E-state index is 6.39. The molecule has 2 heteroatoms. The van der Waals surface area contributed by atoms with E-state index in [2.05, 4.69) is 102 Å². The lowest BCUT2D eigenvalue weighted by molar-refractivity contribution is 0.0816. The number of hydrogen-bond donors (Lipinski definition) is 0. The summed E-state index contributed by atoms with van der Waals surface area (Å²) in [5, 5.41) is 0. The summed E-state index contributed by atoms with van der Waals surface area (Å²) in [6.45, 7) is 3.94. The molecule has 29 heavy (non-hydrogen) atoms. The van der Waals surface area contributed by atoms with E-state index >= 15 is 0 Å². The molecule has 1 aliphatic heterocycles. The quantitative estimate of drug-likeness (QED) is 0.441. The highest BCUT2D eigenvalue weighted by Gasteiger charge is 2.16. The molecule has 0 spiro atoms. The SMILES string of the molecule is C1=C(CCOC(c2ccccc2)c2ccccc2)CCN(Cc2ccccc2)C1. The minimum atomic E-state index is -0.00355. The molecule has 0 fully saturated rings. The molecule has 0 unspecified atom stereocenters. The first-order valence-electron chi connectivity index (χ1n) is 10.5. The molecule has 0 radical (unpaired) electrons. The Labute approximate surface area is 174 Å². The van der Waals surface area contributed by atoms with Crippen molar-refractivity contribution in [2.45, 2.75) is 25.5 Å². The van der Waals surface area contributed by atoms with Crippen LogP contribution in [0.1, 0.15) is 35.6 Å². The van der Waals surface area contributed by atoms with E-state index in [1.165, 1.54) is 22.3 Å². The Kier molecular flexibility index (Phi) is 6.90. The number of rotatable bonds is 8. The summed E-state index contributed by atoms with van der Waals surface area (Å²) in [7, 11) is 0. The van der Waals surface area contributed by atoms with Gasteiger partial charge in [0.25, 0.3) is 0 Å². The van der Waals surface area contributed by atoms with Crippen LogP contribution in [0.2, 0.25) is 0 Å². The van der Waals surface area contributed by atoms with Crippen molar-refractivity contribution in [3.8, 4) is 0 Å². The zero-order valence-corrected chi connectivity index (χ0v) is 16.9. The van der Waals surface area contributed by atoms with Gasteiger partial charge in [-0.1, -0.05) is 103 Å². The van der Waals surface area contributed by atoms with Crippen LogP contribution in [0, 0.1) is 0 Å². The summed E-state index contributed by atoms with van der Waals surface area (Å²) in [5.74, 6) is 0. The third-order valence-electron chi connectivity index (χ3n) is 5.55. The average molecular weight is 384 g/mol. The highest BCUT2D eigenvalue weighted by molar-refractivity contribution is 5.30. The molecule has 1 aliphatic rings. The smallest absolute Gasteiger partial charge is 0.108 e. The van der Waals surface area contributed by atoms with Gasteiger partial charge in [-0.15, -0.1) is 0 Å². The molecule has 0 saturated heterocycles. The van der Waals surface area contributed by atoms with Crippen molar-refractivity contribution in [3.05, 3.63) is 119 Å². The van der Waals surface area contributed by atoms with Gasteiger partial charge in [-0.05, 0) is 29.5 Å². The van der Waals surface area contributed by atoms with E-state index in [9.17, 15) is 0 Å². The van der Waals surface area contributed by atoms with E-state index in [4.69, 9.17) is 4.74 Å². The summed E-state index contributed by atoms with van der Waals surface area (Å²) in [6, 6.07) is 31.8. The molecule has 4 rings (SSSR count). The summed E-state index contributed by atoms with van der Waals surface area (Å²) < 4.78 is 6.39. The fraction of sp³-hybridized carbons (Fsp3) is 0.259. The van der Waals surface area contributed by atoms with Crippen molar-refractivity contribution >= 4 is 0 Å². The lowest BCUT2D eigenvalue weighted by Gasteiger charge is -2.27. The van der Waals surface area contributed by atoms with Crippen LogP contribution in [0.5, 0.6) is 0 Å². The minimum Gasteiger partial charge on any atom is -0.368 e. The first kappa shape index (κ1) is 19.6. The van der Waals surface area contributed by atoms with Gasteiger partial charge in [-0.3, -0.25) is 4.90 Å². The topological polar surface area (TPSA) is 12.5 Å². The minimum absolute atomic E-state index is 0.00355. The van der Waals surface area contributed by atoms with Crippen molar-refractivity contribution in [2.75, 3.05) is 19.7 Å². The molecule has 3 aromatic carbocycles. The third-order valence-corrected chi connectivity index (χ3v) is 5.55. The van der Waals surface area contributed by atoms with Gasteiger partial charge in [0.15, 0.2) is 0 Å². The fourth-order valence-corrected chi connectivity index (χ4v) is 3.91. The second-order valence-electron chi connectivity index (χ2n) is 7.66. The van der Waals surface area contributed by atoms with Gasteiger partial charge in [0.2, 0.25) is 0 Å². The zero-order valence-electron chi connectivity index (χ0n) is 16.9. The average Bonchev–Trinajstić information content (AvgIpc) is 2.80. The van der Waals surface area contributed by atoms with Gasteiger partial charge in [0, 0.05) is 19.6 Å². The van der Waals surface area contributed by atoms with Crippen LogP contribution in [0.3, 0.4) is 0 Å². The predicted molar refractivity (Wildman–Crippen MR) is 120 cm³/mol. The maximum atomic E-state index is 6.39. The monoisotopic (exact) mass is 383 g/mol. The molecule has 0 atom stereocenters. The van der Waals surface area contributed by atoms with Crippen LogP contribution in [0.15, 0.2) is 103 Å². The molecule has 148 valence electrons. The molecule has 1 heterocycles. The Balaban J connectivity index is 1.31. The van der Waals surface area contributed by atoms with Gasteiger partial charge < -0.3 is 4.74 Å². The van der Waals surface area contributed by atoms with Crippen LogP contribution in [0.4, 0.5) is 0 Å². The summed E-state index contributed by atoms with van der Waals surface area (Å²) >= 11 is 0. The van der Waals surface area contributed by atoms with Crippen LogP contribution in [-0.2, 0) is 11.3 Å². The van der Waals surface area contributed by atoms with E-state index in [0.717, 1.165) is 39.1 Å². The molecular weight excluding hydrogens is 354 g/mol. The van der Waals surface area contributed by atoms with Crippen molar-refractivity contribution in [2.24, 2.45) is 0 Å². The molecule has 2 nitrogen and oxygen atoms in total. The van der Waals surface area contributed by atoms with Crippen molar-refractivity contribution in [1.82, 2.24) is 4.90 Å². The lowest BCUT2D eigenvalue weighted by Crippen LogP contribution is -2.28. The van der Waals surface area contributed by atoms with Gasteiger partial charge in [0.05, 0.1) is 6.61 Å². The summed E-state index contributed by atoms with van der Waals surface area (Å²) in [5.41, 5.74) is 5.34. The van der Waals surface area contributed by atoms with Gasteiger partial charge >= 0.3 is 0 Å². The molecule has 3 aromatic rings. The molecule has 0 amide bonds. The van der Waals surface area contributed by atoms with E-state index in [1.807, 2.05) is 0 Å². The standard InChI is InChI=1S/C27H29NO/c1-4-10-24(11-5-1)22-28-19-16-23(17-20-28)18-21-29-27(25-12-6-2-7-13-25)26-14-8-3-9-15-26/h1-16,27H,17-22H2. The van der Waals surface area contributed by atoms with Crippen molar-refractivity contribution in [3.63, 3.8) is 0 Å². The maximum Gasteiger partial charge on any atom is 0.108 e. The van der Waals surface area contributed by atoms with E-state index in [-0.39, 0.29) is 6.10 Å². The summed E-state index contributed by atoms with van der Waals surface area (Å²) in [6.07, 6.45) is 4.54. The number of benzene rings is 3. The lowest BCUT2D eigenvalue weighted by atomic mass is 10.0. The Bertz CT molecular complexity index is 850. The second-order valence-corrected chi connectivity index (χ2v) is 7.66. The van der Waals surface area contributed by atoms with E-state index in [1.54, 1.807) is 0 Å². The van der Waals surface area contributed by atoms with Crippen LogP contribution in [0.25, 0.3) is 0 Å². The fourth-order valence-electron chi connectivity index (χ4n) is 3.91. The first-order chi connectivity index (χ1) is 14.4. The number of ether oxygens (including phenoxy) is 1. The molecule has 0 saturated carbocycles. The molecule has 0 N–H and O–H groups in total. The van der Waals surface area contributed by atoms with E-state index in [0.29, 0.717) is 0 Å². The first-order valence-corrected chi connectivity index (χ1v) is 10.5. The second kappa shape index (κ2) is 10.2. The normalized spacial score (nSPS) is 14.7. The Morgan fingerprint density at radius 1 is 0.759 bits per heavy atom. The van der Waals surface area contributed by atoms with Crippen LogP contribution < -0.4 is 0 Å². The molecule has 0 bridgehead atoms. The molecule has 0 aliphatic carbocycles.